The van der Waals surface area contributed by atoms with Crippen LogP contribution in [0.3, 0.4) is 0 Å². The predicted molar refractivity (Wildman–Crippen MR) is 123 cm³/mol. The number of anilines is 2. The second-order valence-corrected chi connectivity index (χ2v) is 9.16. The topological polar surface area (TPSA) is 94.6 Å². The van der Waals surface area contributed by atoms with Crippen LogP contribution < -0.4 is 15.5 Å². The molecule has 0 saturated heterocycles. The molecule has 0 saturated carbocycles. The third-order valence-electron chi connectivity index (χ3n) is 6.11. The fourth-order valence-electron chi connectivity index (χ4n) is 4.41. The molecular weight excluding hydrogens is 546 g/mol. The zero-order valence-corrected chi connectivity index (χ0v) is 19.6. The minimum absolute atomic E-state index is 0.0415. The van der Waals surface area contributed by atoms with Gasteiger partial charge in [0.15, 0.2) is 0 Å². The molecular formula is C23H13Cl2F5N4O3. The van der Waals surface area contributed by atoms with Crippen LogP contribution in [0.5, 0.6) is 0 Å². The molecule has 3 N–H and O–H groups in total. The number of carbonyl (C=O) groups is 2. The van der Waals surface area contributed by atoms with E-state index in [0.717, 1.165) is 30.3 Å². The zero-order chi connectivity index (χ0) is 26.9. The molecule has 0 bridgehead atoms. The number of carbonyl (C=O) groups excluding carboxylic acids is 2. The van der Waals surface area contributed by atoms with E-state index >= 15 is 0 Å². The number of pyridine rings is 1. The molecule has 0 spiro atoms. The summed E-state index contributed by atoms with van der Waals surface area (Å²) in [6.07, 6.45) is -5.23. The molecule has 192 valence electrons. The third kappa shape index (κ3) is 4.05. The van der Waals surface area contributed by atoms with Crippen LogP contribution in [0, 0.1) is 11.6 Å². The van der Waals surface area contributed by atoms with Crippen molar-refractivity contribution in [3.8, 4) is 0 Å². The first-order valence-electron chi connectivity index (χ1n) is 10.4. The van der Waals surface area contributed by atoms with Gasteiger partial charge in [0, 0.05) is 21.7 Å². The average Bonchev–Trinajstić information content (AvgIpc) is 3.30. The maximum Gasteiger partial charge on any atom is 0.423 e. The molecule has 37 heavy (non-hydrogen) atoms. The van der Waals surface area contributed by atoms with Gasteiger partial charge in [0.1, 0.15) is 22.5 Å². The van der Waals surface area contributed by atoms with Gasteiger partial charge in [0.05, 0.1) is 24.0 Å². The number of β-amino-alcohol motifs (C(OH)–C–C–N with tert-alkyl or cyclic N) is 1. The van der Waals surface area contributed by atoms with Crippen molar-refractivity contribution in [1.82, 2.24) is 10.3 Å². The lowest BCUT2D eigenvalue weighted by atomic mass is 9.95. The minimum atomic E-state index is -5.23. The summed E-state index contributed by atoms with van der Waals surface area (Å²) in [4.78, 5) is 30.3. The van der Waals surface area contributed by atoms with E-state index < -0.39 is 53.5 Å². The van der Waals surface area contributed by atoms with E-state index in [1.807, 2.05) is 0 Å². The van der Waals surface area contributed by atoms with Crippen molar-refractivity contribution in [1.29, 1.82) is 0 Å². The van der Waals surface area contributed by atoms with Crippen LogP contribution in [0.15, 0.2) is 42.5 Å². The first kappa shape index (κ1) is 25.2. The van der Waals surface area contributed by atoms with Gasteiger partial charge in [-0.05, 0) is 42.5 Å². The van der Waals surface area contributed by atoms with Crippen molar-refractivity contribution in [2.24, 2.45) is 0 Å². The number of rotatable bonds is 2. The van der Waals surface area contributed by atoms with Crippen LogP contribution in [0.4, 0.5) is 38.1 Å². The van der Waals surface area contributed by atoms with Crippen LogP contribution in [-0.4, -0.2) is 34.7 Å². The zero-order valence-electron chi connectivity index (χ0n) is 18.1. The van der Waals surface area contributed by atoms with Crippen molar-refractivity contribution >= 4 is 46.5 Å². The second kappa shape index (κ2) is 8.54. The standard InChI is InChI=1S/C23H13Cl2F5N4O3/c24-13-3-1-9(26)5-11(13)18-17-14(7-16(25)32-19(17)20(35)33-18)31-21(36)34-8-22(37,23(28,29)30)12-6-10(27)2-4-15(12)34/h1-7,18,37H,8H2,(H,33,35)(H,31,32,36)/t18-,22+/m1/s1. The number of benzene rings is 2. The van der Waals surface area contributed by atoms with E-state index in [9.17, 15) is 36.6 Å². The average molecular weight is 559 g/mol. The molecule has 0 radical (unpaired) electrons. The van der Waals surface area contributed by atoms with E-state index in [1.54, 1.807) is 0 Å². The highest BCUT2D eigenvalue weighted by molar-refractivity contribution is 6.31. The van der Waals surface area contributed by atoms with E-state index in [-0.39, 0.29) is 38.4 Å². The Bertz CT molecular complexity index is 1490. The molecule has 2 aliphatic rings. The summed E-state index contributed by atoms with van der Waals surface area (Å²) in [6, 6.07) is 4.61. The number of halogens is 7. The van der Waals surface area contributed by atoms with Gasteiger partial charge in [-0.2, -0.15) is 13.2 Å². The molecule has 3 heterocycles. The van der Waals surface area contributed by atoms with E-state index in [2.05, 4.69) is 15.6 Å². The molecule has 3 aromatic rings. The molecule has 0 unspecified atom stereocenters. The highest BCUT2D eigenvalue weighted by atomic mass is 35.5. The van der Waals surface area contributed by atoms with Gasteiger partial charge in [-0.3, -0.25) is 9.69 Å². The van der Waals surface area contributed by atoms with Crippen molar-refractivity contribution in [2.75, 3.05) is 16.8 Å². The normalized spacial score (nSPS) is 20.5. The molecule has 1 aromatic heterocycles. The Morgan fingerprint density at radius 3 is 2.51 bits per heavy atom. The first-order valence-corrected chi connectivity index (χ1v) is 11.2. The van der Waals surface area contributed by atoms with E-state index in [0.29, 0.717) is 11.0 Å². The van der Waals surface area contributed by atoms with Gasteiger partial charge >= 0.3 is 12.2 Å². The molecule has 7 nitrogen and oxygen atoms in total. The SMILES string of the molecule is O=C1N[C@H](c2cc(F)ccc2Cl)c2c(NC(=O)N3C[C@@](O)(C(F)(F)F)c4cc(F)ccc43)cc(Cl)nc21. The summed E-state index contributed by atoms with van der Waals surface area (Å²) in [5, 5.41) is 15.2. The Labute approximate surface area is 214 Å². The number of hydrogen-bond donors (Lipinski definition) is 3. The Balaban J connectivity index is 1.57. The van der Waals surface area contributed by atoms with Gasteiger partial charge in [0.25, 0.3) is 5.91 Å². The summed E-state index contributed by atoms with van der Waals surface area (Å²) >= 11 is 12.2. The van der Waals surface area contributed by atoms with Gasteiger partial charge in [-0.15, -0.1) is 0 Å². The molecule has 2 aliphatic heterocycles. The Kier molecular flexibility index (Phi) is 5.81. The molecule has 2 atom stereocenters. The number of nitrogens with zero attached hydrogens (tertiary/aromatic N) is 2. The highest BCUT2D eigenvalue weighted by Crippen LogP contribution is 2.49. The number of alkyl halides is 3. The number of aromatic nitrogens is 1. The first-order chi connectivity index (χ1) is 17.3. The van der Waals surface area contributed by atoms with Crippen LogP contribution >= 0.6 is 23.2 Å². The van der Waals surface area contributed by atoms with Gasteiger partial charge < -0.3 is 15.7 Å². The van der Waals surface area contributed by atoms with Crippen LogP contribution in [0.25, 0.3) is 0 Å². The third-order valence-corrected chi connectivity index (χ3v) is 6.65. The summed E-state index contributed by atoms with van der Waals surface area (Å²) in [5.41, 5.74) is -4.93. The summed E-state index contributed by atoms with van der Waals surface area (Å²) in [6.45, 7) is -1.27. The number of urea groups is 1. The lowest BCUT2D eigenvalue weighted by molar-refractivity contribution is -0.258. The van der Waals surface area contributed by atoms with Crippen molar-refractivity contribution < 1.29 is 36.6 Å². The van der Waals surface area contributed by atoms with Gasteiger partial charge in [-0.1, -0.05) is 23.2 Å². The van der Waals surface area contributed by atoms with E-state index in [4.69, 9.17) is 23.2 Å². The molecule has 14 heteroatoms. The monoisotopic (exact) mass is 558 g/mol. The van der Waals surface area contributed by atoms with Crippen molar-refractivity contribution in [3.05, 3.63) is 86.7 Å². The lowest BCUT2D eigenvalue weighted by Gasteiger charge is -2.27. The Morgan fingerprint density at radius 2 is 1.81 bits per heavy atom. The summed E-state index contributed by atoms with van der Waals surface area (Å²) in [5.74, 6) is -2.42. The molecule has 0 aliphatic carbocycles. The Hall–Kier alpha value is -3.48. The fourth-order valence-corrected chi connectivity index (χ4v) is 4.83. The fraction of sp³-hybridized carbons (Fsp3) is 0.174. The summed E-state index contributed by atoms with van der Waals surface area (Å²) < 4.78 is 69.0. The van der Waals surface area contributed by atoms with Crippen LogP contribution in [-0.2, 0) is 5.60 Å². The number of hydrogen-bond acceptors (Lipinski definition) is 4. The molecule has 5 rings (SSSR count). The maximum atomic E-state index is 14.0. The quantitative estimate of drug-likeness (QED) is 0.294. The minimum Gasteiger partial charge on any atom is -0.375 e. The van der Waals surface area contributed by atoms with Crippen LogP contribution in [0.2, 0.25) is 10.2 Å². The highest BCUT2D eigenvalue weighted by Gasteiger charge is 2.61. The number of amides is 3. The predicted octanol–water partition coefficient (Wildman–Crippen LogP) is 5.30. The van der Waals surface area contributed by atoms with Gasteiger partial charge in [-0.25, -0.2) is 18.6 Å². The number of nitrogens with one attached hydrogen (secondary N) is 2. The van der Waals surface area contributed by atoms with Gasteiger partial charge in [0.2, 0.25) is 5.60 Å². The summed E-state index contributed by atoms with van der Waals surface area (Å²) in [7, 11) is 0. The largest absolute Gasteiger partial charge is 0.423 e. The maximum absolute atomic E-state index is 14.0. The molecule has 2 aromatic carbocycles. The lowest BCUT2D eigenvalue weighted by Crippen LogP contribution is -2.48. The smallest absolute Gasteiger partial charge is 0.375 e. The van der Waals surface area contributed by atoms with E-state index in [1.165, 1.54) is 6.07 Å². The second-order valence-electron chi connectivity index (χ2n) is 8.36. The van der Waals surface area contributed by atoms with Crippen molar-refractivity contribution in [3.63, 3.8) is 0 Å². The number of fused-ring (bicyclic) bond motifs is 2. The Morgan fingerprint density at radius 1 is 1.14 bits per heavy atom. The van der Waals surface area contributed by atoms with Crippen molar-refractivity contribution in [2.45, 2.75) is 17.8 Å². The number of aliphatic hydroxyl groups is 1. The molecule has 3 amide bonds. The molecule has 0 fully saturated rings. The van der Waals surface area contributed by atoms with Crippen LogP contribution in [0.1, 0.15) is 33.2 Å².